The van der Waals surface area contributed by atoms with Gasteiger partial charge in [0, 0.05) is 7.11 Å². The van der Waals surface area contributed by atoms with E-state index in [0.29, 0.717) is 17.9 Å². The number of rotatable bonds is 6. The molecule has 0 saturated carbocycles. The first-order valence-corrected chi connectivity index (χ1v) is 5.78. The Morgan fingerprint density at radius 3 is 2.56 bits per heavy atom. The molecular formula is C13H17F3O2. The lowest BCUT2D eigenvalue weighted by Gasteiger charge is -2.18. The number of alkyl halides is 3. The van der Waals surface area contributed by atoms with Crippen LogP contribution >= 0.6 is 0 Å². The molecule has 1 atom stereocenters. The maximum Gasteiger partial charge on any atom is 0.391 e. The maximum absolute atomic E-state index is 12.4. The lowest BCUT2D eigenvalue weighted by atomic mass is 10.1. The fourth-order valence-electron chi connectivity index (χ4n) is 1.57. The van der Waals surface area contributed by atoms with Crippen LogP contribution in [-0.4, -0.2) is 19.9 Å². The van der Waals surface area contributed by atoms with Crippen molar-refractivity contribution >= 4 is 0 Å². The van der Waals surface area contributed by atoms with Gasteiger partial charge in [-0.15, -0.1) is 0 Å². The molecule has 0 amide bonds. The summed E-state index contributed by atoms with van der Waals surface area (Å²) in [5, 5.41) is 0. The zero-order valence-electron chi connectivity index (χ0n) is 10.5. The van der Waals surface area contributed by atoms with Crippen LogP contribution in [0.15, 0.2) is 24.3 Å². The number of halogens is 3. The molecule has 1 rings (SSSR count). The summed E-state index contributed by atoms with van der Waals surface area (Å²) in [6.07, 6.45) is -5.39. The predicted octanol–water partition coefficient (Wildman–Crippen LogP) is 4.12. The second kappa shape index (κ2) is 6.64. The molecule has 0 spiro atoms. The van der Waals surface area contributed by atoms with Gasteiger partial charge in [-0.05, 0) is 24.1 Å². The smallest absolute Gasteiger partial charge is 0.391 e. The van der Waals surface area contributed by atoms with E-state index in [1.54, 1.807) is 24.3 Å². The van der Waals surface area contributed by atoms with E-state index in [9.17, 15) is 13.2 Å². The van der Waals surface area contributed by atoms with Gasteiger partial charge in [0.25, 0.3) is 0 Å². The van der Waals surface area contributed by atoms with E-state index in [4.69, 9.17) is 9.47 Å². The molecule has 0 aliphatic carbocycles. The van der Waals surface area contributed by atoms with Crippen LogP contribution in [0.3, 0.4) is 0 Å². The molecule has 0 aliphatic heterocycles. The van der Waals surface area contributed by atoms with Crippen LogP contribution in [0.5, 0.6) is 5.75 Å². The number of ether oxygens (including phenoxy) is 2. The minimum Gasteiger partial charge on any atom is -0.494 e. The van der Waals surface area contributed by atoms with Crippen molar-refractivity contribution < 1.29 is 22.6 Å². The Hall–Kier alpha value is -1.23. The minimum absolute atomic E-state index is 0.475. The van der Waals surface area contributed by atoms with E-state index in [2.05, 4.69) is 0 Å². The fourth-order valence-corrected chi connectivity index (χ4v) is 1.57. The molecule has 0 fully saturated rings. The normalized spacial score (nSPS) is 13.4. The summed E-state index contributed by atoms with van der Waals surface area (Å²) in [6, 6.07) is 6.59. The molecule has 1 aromatic carbocycles. The van der Waals surface area contributed by atoms with Crippen LogP contribution in [0.1, 0.15) is 31.4 Å². The fraction of sp³-hybridized carbons (Fsp3) is 0.538. The van der Waals surface area contributed by atoms with Crippen LogP contribution in [0.4, 0.5) is 13.2 Å². The summed E-state index contributed by atoms with van der Waals surface area (Å²) in [5.74, 6) is 0.568. The molecule has 0 N–H and O–H groups in total. The van der Waals surface area contributed by atoms with Crippen molar-refractivity contribution in [3.8, 4) is 5.75 Å². The van der Waals surface area contributed by atoms with Gasteiger partial charge in [0.15, 0.2) is 0 Å². The monoisotopic (exact) mass is 262 g/mol. The van der Waals surface area contributed by atoms with Gasteiger partial charge in [-0.25, -0.2) is 0 Å². The van der Waals surface area contributed by atoms with Gasteiger partial charge in [0.1, 0.15) is 5.75 Å². The third kappa shape index (κ3) is 4.96. The van der Waals surface area contributed by atoms with E-state index in [1.807, 2.05) is 6.92 Å². The maximum atomic E-state index is 12.4. The first kappa shape index (κ1) is 14.8. The van der Waals surface area contributed by atoms with Crippen LogP contribution in [0, 0.1) is 0 Å². The Bertz CT molecular complexity index is 363. The number of hydrogen-bond acceptors (Lipinski definition) is 2. The van der Waals surface area contributed by atoms with Gasteiger partial charge in [-0.1, -0.05) is 19.1 Å². The molecule has 0 bridgehead atoms. The molecule has 0 aromatic heterocycles. The van der Waals surface area contributed by atoms with Gasteiger partial charge in [-0.2, -0.15) is 13.2 Å². The van der Waals surface area contributed by atoms with Crippen molar-refractivity contribution in [2.24, 2.45) is 0 Å². The van der Waals surface area contributed by atoms with E-state index >= 15 is 0 Å². The summed E-state index contributed by atoms with van der Waals surface area (Å²) >= 11 is 0. The molecule has 0 radical (unpaired) electrons. The highest BCUT2D eigenvalue weighted by Crippen LogP contribution is 2.32. The molecule has 102 valence electrons. The van der Waals surface area contributed by atoms with Gasteiger partial charge in [-0.3, -0.25) is 0 Å². The van der Waals surface area contributed by atoms with E-state index in [-0.39, 0.29) is 0 Å². The standard InChI is InChI=1S/C13H17F3O2/c1-3-7-18-11-6-4-5-10(8-11)12(17-2)9-13(14,15)16/h4-6,8,12H,3,7,9H2,1-2H3. The summed E-state index contributed by atoms with van der Waals surface area (Å²) in [6.45, 7) is 2.51. The van der Waals surface area contributed by atoms with Crippen molar-refractivity contribution in [3.63, 3.8) is 0 Å². The summed E-state index contributed by atoms with van der Waals surface area (Å²) < 4.78 is 47.4. The Morgan fingerprint density at radius 1 is 1.28 bits per heavy atom. The van der Waals surface area contributed by atoms with Crippen molar-refractivity contribution in [3.05, 3.63) is 29.8 Å². The van der Waals surface area contributed by atoms with E-state index < -0.39 is 18.7 Å². The zero-order valence-corrected chi connectivity index (χ0v) is 10.5. The third-order valence-electron chi connectivity index (χ3n) is 2.40. The Balaban J connectivity index is 2.79. The molecule has 0 heterocycles. The Morgan fingerprint density at radius 2 is 2.00 bits per heavy atom. The zero-order chi connectivity index (χ0) is 13.6. The second-order valence-electron chi connectivity index (χ2n) is 3.96. The lowest BCUT2D eigenvalue weighted by molar-refractivity contribution is -0.158. The van der Waals surface area contributed by atoms with E-state index in [0.717, 1.165) is 6.42 Å². The predicted molar refractivity (Wildman–Crippen MR) is 62.7 cm³/mol. The molecule has 0 saturated heterocycles. The van der Waals surface area contributed by atoms with Crippen LogP contribution in [0.25, 0.3) is 0 Å². The molecule has 18 heavy (non-hydrogen) atoms. The van der Waals surface area contributed by atoms with Gasteiger partial charge in [0.05, 0.1) is 19.1 Å². The van der Waals surface area contributed by atoms with Crippen molar-refractivity contribution in [1.82, 2.24) is 0 Å². The van der Waals surface area contributed by atoms with Crippen LogP contribution in [-0.2, 0) is 4.74 Å². The van der Waals surface area contributed by atoms with Gasteiger partial charge >= 0.3 is 6.18 Å². The average Bonchev–Trinajstić information content (AvgIpc) is 2.32. The summed E-state index contributed by atoms with van der Waals surface area (Å²) in [5.41, 5.74) is 0.475. The van der Waals surface area contributed by atoms with Crippen molar-refractivity contribution in [2.45, 2.75) is 32.0 Å². The molecule has 5 heteroatoms. The highest BCUT2D eigenvalue weighted by molar-refractivity contribution is 5.30. The largest absolute Gasteiger partial charge is 0.494 e. The van der Waals surface area contributed by atoms with Crippen molar-refractivity contribution in [1.29, 1.82) is 0 Å². The average molecular weight is 262 g/mol. The lowest BCUT2D eigenvalue weighted by Crippen LogP contribution is -2.15. The van der Waals surface area contributed by atoms with Crippen LogP contribution in [0.2, 0.25) is 0 Å². The number of methoxy groups -OCH3 is 1. The topological polar surface area (TPSA) is 18.5 Å². The second-order valence-corrected chi connectivity index (χ2v) is 3.96. The summed E-state index contributed by atoms with van der Waals surface area (Å²) in [4.78, 5) is 0. The highest BCUT2D eigenvalue weighted by Gasteiger charge is 2.32. The van der Waals surface area contributed by atoms with E-state index in [1.165, 1.54) is 7.11 Å². The SMILES string of the molecule is CCCOc1cccc(C(CC(F)(F)F)OC)c1. The van der Waals surface area contributed by atoms with Gasteiger partial charge in [0.2, 0.25) is 0 Å². The third-order valence-corrected chi connectivity index (χ3v) is 2.40. The number of hydrogen-bond donors (Lipinski definition) is 0. The first-order chi connectivity index (χ1) is 8.46. The molecule has 1 unspecified atom stereocenters. The molecule has 2 nitrogen and oxygen atoms in total. The Labute approximate surface area is 105 Å². The summed E-state index contributed by atoms with van der Waals surface area (Å²) in [7, 11) is 1.27. The van der Waals surface area contributed by atoms with Crippen molar-refractivity contribution in [2.75, 3.05) is 13.7 Å². The molecule has 0 aliphatic rings. The molecular weight excluding hydrogens is 245 g/mol. The minimum atomic E-state index is -4.25. The quantitative estimate of drug-likeness (QED) is 0.768. The number of benzene rings is 1. The highest BCUT2D eigenvalue weighted by atomic mass is 19.4. The first-order valence-electron chi connectivity index (χ1n) is 5.78. The van der Waals surface area contributed by atoms with Gasteiger partial charge < -0.3 is 9.47 Å². The molecule has 1 aromatic rings. The Kier molecular flexibility index (Phi) is 5.47. The van der Waals surface area contributed by atoms with Crippen LogP contribution < -0.4 is 4.74 Å².